The maximum absolute atomic E-state index is 5.52. The molecule has 3 aromatic rings. The molecule has 2 aromatic carbocycles. The van der Waals surface area contributed by atoms with E-state index in [0.29, 0.717) is 0 Å². The van der Waals surface area contributed by atoms with Crippen molar-refractivity contribution in [2.45, 2.75) is 32.7 Å². The van der Waals surface area contributed by atoms with Gasteiger partial charge in [-0.1, -0.05) is 49.7 Å². The van der Waals surface area contributed by atoms with Gasteiger partial charge in [0.25, 0.3) is 0 Å². The largest absolute Gasteiger partial charge is 0.495 e. The van der Waals surface area contributed by atoms with Crippen LogP contribution in [0.2, 0.25) is 0 Å². The second-order valence-electron chi connectivity index (χ2n) is 6.63. The van der Waals surface area contributed by atoms with Crippen LogP contribution in [-0.4, -0.2) is 23.6 Å². The molecule has 0 saturated heterocycles. The molecule has 0 radical (unpaired) electrons. The maximum Gasteiger partial charge on any atom is 0.145 e. The van der Waals surface area contributed by atoms with Crippen LogP contribution in [0.4, 0.5) is 11.5 Å². The molecule has 0 bridgehead atoms. The van der Waals surface area contributed by atoms with Crippen LogP contribution in [0, 0.1) is 0 Å². The third-order valence-electron chi connectivity index (χ3n) is 4.60. The normalized spacial score (nSPS) is 11.7. The van der Waals surface area contributed by atoms with E-state index in [4.69, 9.17) is 9.72 Å². The predicted molar refractivity (Wildman–Crippen MR) is 116 cm³/mol. The first-order valence-electron chi connectivity index (χ1n) is 9.81. The van der Waals surface area contributed by atoms with Crippen LogP contribution in [0.1, 0.15) is 38.3 Å². The van der Waals surface area contributed by atoms with Gasteiger partial charge in [-0.3, -0.25) is 4.98 Å². The highest BCUT2D eigenvalue weighted by Gasteiger charge is 2.12. The minimum Gasteiger partial charge on any atom is -0.495 e. The first kappa shape index (κ1) is 19.7. The quantitative estimate of drug-likeness (QED) is 0.514. The molecule has 1 atom stereocenters. The number of methoxy groups -OCH3 is 1. The summed E-state index contributed by atoms with van der Waals surface area (Å²) in [4.78, 5) is 9.19. The SMILES string of the molecule is CCC[C@H](Nc1cncc(-c2ccc(NCC)c(OC)c2)n1)c1ccccc1. The lowest BCUT2D eigenvalue weighted by Crippen LogP contribution is -2.12. The van der Waals surface area contributed by atoms with Crippen LogP contribution >= 0.6 is 0 Å². The van der Waals surface area contributed by atoms with E-state index in [1.165, 1.54) is 5.56 Å². The maximum atomic E-state index is 5.52. The molecule has 0 unspecified atom stereocenters. The first-order chi connectivity index (χ1) is 13.7. The third-order valence-corrected chi connectivity index (χ3v) is 4.60. The van der Waals surface area contributed by atoms with Gasteiger partial charge in [0.2, 0.25) is 0 Å². The molecule has 2 N–H and O–H groups in total. The third kappa shape index (κ3) is 4.80. The van der Waals surface area contributed by atoms with Gasteiger partial charge in [-0.05, 0) is 31.0 Å². The molecular formula is C23H28N4O. The number of hydrogen-bond acceptors (Lipinski definition) is 5. The summed E-state index contributed by atoms with van der Waals surface area (Å²) < 4.78 is 5.52. The molecule has 0 saturated carbocycles. The summed E-state index contributed by atoms with van der Waals surface area (Å²) >= 11 is 0. The Morgan fingerprint density at radius 1 is 1.04 bits per heavy atom. The molecule has 28 heavy (non-hydrogen) atoms. The zero-order valence-electron chi connectivity index (χ0n) is 16.8. The highest BCUT2D eigenvalue weighted by atomic mass is 16.5. The van der Waals surface area contributed by atoms with Crippen molar-refractivity contribution in [2.24, 2.45) is 0 Å². The van der Waals surface area contributed by atoms with Gasteiger partial charge in [0, 0.05) is 12.1 Å². The summed E-state index contributed by atoms with van der Waals surface area (Å²) in [6, 6.07) is 16.7. The van der Waals surface area contributed by atoms with Crippen molar-refractivity contribution >= 4 is 11.5 Å². The average Bonchev–Trinajstić information content (AvgIpc) is 2.75. The molecule has 0 amide bonds. The van der Waals surface area contributed by atoms with E-state index in [2.05, 4.69) is 53.7 Å². The number of nitrogens with one attached hydrogen (secondary N) is 2. The number of ether oxygens (including phenoxy) is 1. The van der Waals surface area contributed by atoms with Crippen molar-refractivity contribution < 1.29 is 4.74 Å². The van der Waals surface area contributed by atoms with Gasteiger partial charge < -0.3 is 15.4 Å². The second-order valence-corrected chi connectivity index (χ2v) is 6.63. The number of aromatic nitrogens is 2. The predicted octanol–water partition coefficient (Wildman–Crippen LogP) is 5.54. The molecule has 0 aliphatic heterocycles. The molecule has 3 rings (SSSR count). The molecule has 0 spiro atoms. The van der Waals surface area contributed by atoms with E-state index in [1.54, 1.807) is 19.5 Å². The fraction of sp³-hybridized carbons (Fsp3) is 0.304. The van der Waals surface area contributed by atoms with Crippen LogP contribution in [0.15, 0.2) is 60.9 Å². The number of anilines is 2. The molecule has 5 heteroatoms. The Balaban J connectivity index is 1.85. The van der Waals surface area contributed by atoms with Crippen molar-refractivity contribution in [3.05, 3.63) is 66.5 Å². The Kier molecular flexibility index (Phi) is 6.84. The van der Waals surface area contributed by atoms with E-state index in [9.17, 15) is 0 Å². The summed E-state index contributed by atoms with van der Waals surface area (Å²) in [6.07, 6.45) is 5.67. The van der Waals surface area contributed by atoms with Crippen molar-refractivity contribution in [3.8, 4) is 17.0 Å². The van der Waals surface area contributed by atoms with E-state index in [-0.39, 0.29) is 6.04 Å². The van der Waals surface area contributed by atoms with Gasteiger partial charge in [-0.15, -0.1) is 0 Å². The van der Waals surface area contributed by atoms with Crippen LogP contribution in [0.3, 0.4) is 0 Å². The summed E-state index contributed by atoms with van der Waals surface area (Å²) in [6.45, 7) is 5.10. The highest BCUT2D eigenvalue weighted by molar-refractivity contribution is 5.69. The zero-order valence-corrected chi connectivity index (χ0v) is 16.8. The van der Waals surface area contributed by atoms with Crippen LogP contribution < -0.4 is 15.4 Å². The molecule has 0 aliphatic carbocycles. The fourth-order valence-corrected chi connectivity index (χ4v) is 3.24. The van der Waals surface area contributed by atoms with Gasteiger partial charge in [0.1, 0.15) is 11.6 Å². The smallest absolute Gasteiger partial charge is 0.145 e. The molecular weight excluding hydrogens is 348 g/mol. The van der Waals surface area contributed by atoms with Crippen molar-refractivity contribution in [1.29, 1.82) is 0 Å². The van der Waals surface area contributed by atoms with Gasteiger partial charge in [-0.2, -0.15) is 0 Å². The van der Waals surface area contributed by atoms with E-state index >= 15 is 0 Å². The van der Waals surface area contributed by atoms with Gasteiger partial charge in [-0.25, -0.2) is 4.98 Å². The van der Waals surface area contributed by atoms with Gasteiger partial charge >= 0.3 is 0 Å². The van der Waals surface area contributed by atoms with Crippen LogP contribution in [0.25, 0.3) is 11.3 Å². The van der Waals surface area contributed by atoms with E-state index in [0.717, 1.165) is 47.9 Å². The summed E-state index contributed by atoms with van der Waals surface area (Å²) in [5.74, 6) is 1.57. The van der Waals surface area contributed by atoms with Crippen LogP contribution in [0.5, 0.6) is 5.75 Å². The topological polar surface area (TPSA) is 59.1 Å². The Morgan fingerprint density at radius 3 is 2.57 bits per heavy atom. The lowest BCUT2D eigenvalue weighted by molar-refractivity contribution is 0.416. The summed E-state index contributed by atoms with van der Waals surface area (Å²) in [5, 5.41) is 6.85. The number of benzene rings is 2. The van der Waals surface area contributed by atoms with Gasteiger partial charge in [0.15, 0.2) is 0 Å². The number of nitrogens with zero attached hydrogens (tertiary/aromatic N) is 2. The molecule has 1 heterocycles. The van der Waals surface area contributed by atoms with Crippen LogP contribution in [-0.2, 0) is 0 Å². The Labute approximate surface area is 167 Å². The molecule has 5 nitrogen and oxygen atoms in total. The minimum atomic E-state index is 0.210. The first-order valence-corrected chi connectivity index (χ1v) is 9.81. The monoisotopic (exact) mass is 376 g/mol. The van der Waals surface area contributed by atoms with Gasteiger partial charge in [0.05, 0.1) is 36.9 Å². The molecule has 1 aromatic heterocycles. The van der Waals surface area contributed by atoms with E-state index < -0.39 is 0 Å². The lowest BCUT2D eigenvalue weighted by atomic mass is 10.0. The van der Waals surface area contributed by atoms with Crippen molar-refractivity contribution in [1.82, 2.24) is 9.97 Å². The fourth-order valence-electron chi connectivity index (χ4n) is 3.24. The standard InChI is InChI=1S/C23H28N4O/c1-4-9-19(17-10-7-6-8-11-17)26-23-16-24-15-21(27-23)18-12-13-20(25-5-2)22(14-18)28-3/h6-8,10-16,19,25H,4-5,9H2,1-3H3,(H,26,27)/t19-/m0/s1. The lowest BCUT2D eigenvalue weighted by Gasteiger charge is -2.19. The average molecular weight is 377 g/mol. The molecule has 0 aliphatic rings. The Hall–Kier alpha value is -3.08. The summed E-state index contributed by atoms with van der Waals surface area (Å²) in [5.41, 5.74) is 4.02. The Morgan fingerprint density at radius 2 is 1.86 bits per heavy atom. The number of hydrogen-bond donors (Lipinski definition) is 2. The van der Waals surface area contributed by atoms with E-state index in [1.807, 2.05) is 24.3 Å². The molecule has 146 valence electrons. The highest BCUT2D eigenvalue weighted by Crippen LogP contribution is 2.30. The molecule has 0 fully saturated rings. The minimum absolute atomic E-state index is 0.210. The Bertz CT molecular complexity index is 883. The van der Waals surface area contributed by atoms with Crippen molar-refractivity contribution in [2.75, 3.05) is 24.3 Å². The second kappa shape index (κ2) is 9.74. The number of rotatable bonds is 9. The zero-order chi connectivity index (χ0) is 19.8. The summed E-state index contributed by atoms with van der Waals surface area (Å²) in [7, 11) is 1.68. The van der Waals surface area contributed by atoms with Crippen molar-refractivity contribution in [3.63, 3.8) is 0 Å².